The highest BCUT2D eigenvalue weighted by atomic mass is 16.5. The Bertz CT molecular complexity index is 1070. The van der Waals surface area contributed by atoms with E-state index in [9.17, 15) is 45.6 Å². The van der Waals surface area contributed by atoms with Gasteiger partial charge in [0.15, 0.2) is 0 Å². The van der Waals surface area contributed by atoms with Crippen LogP contribution in [0.2, 0.25) is 0 Å². The molecule has 0 saturated carbocycles. The number of carbonyl (C=O) groups is 1. The summed E-state index contributed by atoms with van der Waals surface area (Å²) < 4.78 is 11.7. The molecule has 14 unspecified atom stereocenters. The molecule has 0 aliphatic carbocycles. The van der Waals surface area contributed by atoms with Crippen LogP contribution in [-0.4, -0.2) is 114 Å². The third-order valence-electron chi connectivity index (χ3n) is 9.28. The smallest absolute Gasteiger partial charge is 0.331 e. The normalized spacial score (nSPS) is 39.8. The zero-order valence-corrected chi connectivity index (χ0v) is 28.8. The van der Waals surface area contributed by atoms with Crippen molar-refractivity contribution in [1.29, 1.82) is 0 Å². The summed E-state index contributed by atoms with van der Waals surface area (Å²) in [7, 11) is 0. The van der Waals surface area contributed by atoms with E-state index in [1.165, 1.54) is 12.2 Å². The number of allylic oxidation sites excluding steroid dienone is 6. The predicted octanol–water partition coefficient (Wildman–Crippen LogP) is 2.40. The van der Waals surface area contributed by atoms with E-state index in [1.807, 2.05) is 20.8 Å². The monoisotopic (exact) mass is 680 g/mol. The summed E-state index contributed by atoms with van der Waals surface area (Å²) in [5.41, 5.74) is 0. The minimum atomic E-state index is -1.10. The van der Waals surface area contributed by atoms with E-state index >= 15 is 0 Å². The molecule has 2 rings (SSSR count). The lowest BCUT2D eigenvalue weighted by Crippen LogP contribution is -2.34. The molecule has 1 saturated heterocycles. The predicted molar refractivity (Wildman–Crippen MR) is 182 cm³/mol. The van der Waals surface area contributed by atoms with E-state index in [4.69, 9.17) is 9.47 Å². The van der Waals surface area contributed by atoms with Gasteiger partial charge in [-0.2, -0.15) is 0 Å². The Labute approximate surface area is 285 Å². The van der Waals surface area contributed by atoms with Crippen molar-refractivity contribution in [3.63, 3.8) is 0 Å². The first-order chi connectivity index (χ1) is 22.7. The average molecular weight is 681 g/mol. The maximum Gasteiger partial charge on any atom is 0.331 e. The van der Waals surface area contributed by atoms with Crippen molar-refractivity contribution in [3.8, 4) is 0 Å². The Morgan fingerprint density at radius 2 is 1.19 bits per heavy atom. The molecule has 48 heavy (non-hydrogen) atoms. The molecule has 0 radical (unpaired) electrons. The average Bonchev–Trinajstić information content (AvgIpc) is 3.37. The van der Waals surface area contributed by atoms with Crippen LogP contribution in [0, 0.1) is 17.8 Å². The fraction of sp³-hybridized carbons (Fsp3) is 0.703. The summed E-state index contributed by atoms with van der Waals surface area (Å²) in [5, 5.41) is 84.0. The number of carbonyl (C=O) groups excluding carboxylic acids is 1. The topological polar surface area (TPSA) is 197 Å². The van der Waals surface area contributed by atoms with Crippen molar-refractivity contribution in [2.24, 2.45) is 17.8 Å². The van der Waals surface area contributed by atoms with Crippen molar-refractivity contribution in [3.05, 3.63) is 60.8 Å². The Morgan fingerprint density at radius 1 is 0.667 bits per heavy atom. The Hall–Kier alpha value is -2.19. The third-order valence-corrected chi connectivity index (χ3v) is 9.28. The summed E-state index contributed by atoms with van der Waals surface area (Å²) in [4.78, 5) is 12.6. The van der Waals surface area contributed by atoms with E-state index in [-0.39, 0.29) is 50.4 Å². The second-order valence-electron chi connectivity index (χ2n) is 13.7. The van der Waals surface area contributed by atoms with Gasteiger partial charge >= 0.3 is 5.97 Å². The number of cyclic esters (lactones) is 1. The van der Waals surface area contributed by atoms with Crippen LogP contribution in [-0.2, 0) is 14.3 Å². The Morgan fingerprint density at radius 3 is 1.77 bits per heavy atom. The summed E-state index contributed by atoms with van der Waals surface area (Å²) in [5.74, 6) is -1.09. The minimum absolute atomic E-state index is 0.0331. The zero-order valence-electron chi connectivity index (χ0n) is 28.8. The Kier molecular flexibility index (Phi) is 19.1. The second kappa shape index (κ2) is 21.8. The number of rotatable bonds is 2. The van der Waals surface area contributed by atoms with Crippen LogP contribution in [0.25, 0.3) is 0 Å². The van der Waals surface area contributed by atoms with Crippen LogP contribution in [0.4, 0.5) is 0 Å². The van der Waals surface area contributed by atoms with Gasteiger partial charge in [0, 0.05) is 30.8 Å². The maximum atomic E-state index is 12.6. The molecule has 274 valence electrons. The molecule has 2 aliphatic heterocycles. The van der Waals surface area contributed by atoms with Crippen molar-refractivity contribution < 1.29 is 55.1 Å². The molecular weight excluding hydrogens is 620 g/mol. The number of hydrogen-bond donors (Lipinski definition) is 8. The molecule has 8 N–H and O–H groups in total. The lowest BCUT2D eigenvalue weighted by molar-refractivity contribution is -0.147. The van der Waals surface area contributed by atoms with E-state index in [1.54, 1.807) is 55.5 Å². The highest BCUT2D eigenvalue weighted by Crippen LogP contribution is 2.30. The summed E-state index contributed by atoms with van der Waals surface area (Å²) in [6, 6.07) is 0. The molecule has 0 aromatic carbocycles. The van der Waals surface area contributed by atoms with Crippen molar-refractivity contribution in [2.75, 3.05) is 0 Å². The molecule has 0 aromatic heterocycles. The van der Waals surface area contributed by atoms with Gasteiger partial charge in [-0.1, -0.05) is 88.8 Å². The van der Waals surface area contributed by atoms with Crippen molar-refractivity contribution >= 4 is 5.97 Å². The second-order valence-corrected chi connectivity index (χ2v) is 13.7. The van der Waals surface area contributed by atoms with Gasteiger partial charge in [-0.3, -0.25) is 0 Å². The van der Waals surface area contributed by atoms with Crippen LogP contribution < -0.4 is 0 Å². The fourth-order valence-corrected chi connectivity index (χ4v) is 6.19. The number of fused-ring (bicyclic) bond motifs is 2. The zero-order chi connectivity index (χ0) is 35.8. The molecule has 0 aromatic rings. The van der Waals surface area contributed by atoms with E-state index < -0.39 is 79.0 Å². The maximum absolute atomic E-state index is 12.6. The molecule has 0 spiro atoms. The van der Waals surface area contributed by atoms with Gasteiger partial charge in [-0.15, -0.1) is 0 Å². The quantitative estimate of drug-likeness (QED) is 0.158. The van der Waals surface area contributed by atoms with E-state index in [0.717, 1.165) is 6.42 Å². The first kappa shape index (κ1) is 42.0. The molecule has 14 atom stereocenters. The number of aliphatic hydroxyl groups is 8. The first-order valence-electron chi connectivity index (χ1n) is 17.4. The van der Waals surface area contributed by atoms with Gasteiger partial charge in [0.1, 0.15) is 12.2 Å². The van der Waals surface area contributed by atoms with Gasteiger partial charge in [0.25, 0.3) is 0 Å². The number of ether oxygens (including phenoxy) is 2. The summed E-state index contributed by atoms with van der Waals surface area (Å²) >= 11 is 0. The SMILES string of the molecule is CCC(C)C1OC(=O)C=CC=CC=CC=CC2OC(CC2O)C(C)C(O)CC(O)CC(O)CC(O)CC(O)CC(O)CC(O)C=CC1C. The molecule has 2 aliphatic rings. The van der Waals surface area contributed by atoms with Gasteiger partial charge in [-0.25, -0.2) is 4.79 Å². The van der Waals surface area contributed by atoms with Crippen LogP contribution in [0.3, 0.4) is 0 Å². The highest BCUT2D eigenvalue weighted by Gasteiger charge is 2.38. The van der Waals surface area contributed by atoms with Crippen LogP contribution in [0.5, 0.6) is 0 Å². The molecule has 11 nitrogen and oxygen atoms in total. The minimum Gasteiger partial charge on any atom is -0.458 e. The van der Waals surface area contributed by atoms with Crippen LogP contribution in [0.15, 0.2) is 60.8 Å². The van der Waals surface area contributed by atoms with Crippen LogP contribution in [0.1, 0.15) is 79.1 Å². The van der Waals surface area contributed by atoms with E-state index in [2.05, 4.69) is 0 Å². The lowest BCUT2D eigenvalue weighted by Gasteiger charge is -2.27. The molecular formula is C37H60O11. The highest BCUT2D eigenvalue weighted by molar-refractivity contribution is 5.82. The number of esters is 1. The molecule has 2 heterocycles. The van der Waals surface area contributed by atoms with Crippen molar-refractivity contribution in [1.82, 2.24) is 0 Å². The van der Waals surface area contributed by atoms with Gasteiger partial charge < -0.3 is 50.3 Å². The standard InChI is InChI=1S/C37H60O11/c1-5-23(2)37-24(3)14-15-26(38)16-27(39)17-28(40)18-29(41)19-30(42)20-31(43)21-32(44)25(4)35-22-33(45)34(47-35)12-10-8-6-7-9-11-13-36(46)48-37/h6-15,23-35,37-45H,5,16-22H2,1-4H3. The largest absolute Gasteiger partial charge is 0.458 e. The summed E-state index contributed by atoms with van der Waals surface area (Å²) in [6.07, 6.45) is 7.53. The number of hydrogen-bond acceptors (Lipinski definition) is 11. The third kappa shape index (κ3) is 15.6. The fourth-order valence-electron chi connectivity index (χ4n) is 6.19. The Balaban J connectivity index is 2.16. The van der Waals surface area contributed by atoms with Gasteiger partial charge in [0.2, 0.25) is 0 Å². The lowest BCUT2D eigenvalue weighted by atomic mass is 9.90. The van der Waals surface area contributed by atoms with E-state index in [0.29, 0.717) is 6.42 Å². The molecule has 0 amide bonds. The number of aliphatic hydroxyl groups excluding tert-OH is 8. The van der Waals surface area contributed by atoms with Gasteiger partial charge in [0.05, 0.1) is 54.9 Å². The summed E-state index contributed by atoms with van der Waals surface area (Å²) in [6.45, 7) is 7.63. The van der Waals surface area contributed by atoms with Gasteiger partial charge in [-0.05, 0) is 38.0 Å². The van der Waals surface area contributed by atoms with Crippen molar-refractivity contribution in [2.45, 2.75) is 146 Å². The molecule has 11 heteroatoms. The first-order valence-corrected chi connectivity index (χ1v) is 17.4. The molecule has 2 bridgehead atoms. The molecule has 1 fully saturated rings. The van der Waals surface area contributed by atoms with Crippen LogP contribution >= 0.6 is 0 Å².